The number of esters is 1. The van der Waals surface area contributed by atoms with Crippen LogP contribution in [-0.2, 0) is 30.3 Å². The number of likely N-dealkylation sites (N-methyl/N-ethyl adjacent to an activating group) is 1. The molecule has 0 saturated carbocycles. The number of primary amides is 1. The van der Waals surface area contributed by atoms with E-state index in [9.17, 15) is 22.8 Å². The van der Waals surface area contributed by atoms with E-state index in [0.717, 1.165) is 29.9 Å². The Balaban J connectivity index is 0.000000509. The van der Waals surface area contributed by atoms with Gasteiger partial charge >= 0.3 is 18.2 Å². The maximum absolute atomic E-state index is 11.5. The van der Waals surface area contributed by atoms with Crippen LogP contribution in [0.5, 0.6) is 0 Å². The van der Waals surface area contributed by atoms with Crippen molar-refractivity contribution in [2.45, 2.75) is 45.0 Å². The summed E-state index contributed by atoms with van der Waals surface area (Å²) in [5.74, 6) is -1.29. The van der Waals surface area contributed by atoms with Crippen LogP contribution in [-0.4, -0.2) is 91.9 Å². The van der Waals surface area contributed by atoms with Crippen molar-refractivity contribution >= 4 is 41.1 Å². The quantitative estimate of drug-likeness (QED) is 0.158. The minimum absolute atomic E-state index is 0.129. The van der Waals surface area contributed by atoms with Crippen molar-refractivity contribution in [1.29, 1.82) is 0 Å². The SMILES string of the molecule is CC(C)(C)OC(=O)C(F)(F)F.CN1Cc2c(Cl)cc(Cl)cc2[C@H](c2cccc(-c3cc(NCCOCCOCCOC(N)=O)ncn3)c2)C1. The molecular weight excluding hydrogens is 690 g/mol. The van der Waals surface area contributed by atoms with Crippen LogP contribution in [0.4, 0.5) is 23.8 Å². The highest BCUT2D eigenvalue weighted by Crippen LogP contribution is 2.39. The van der Waals surface area contributed by atoms with Gasteiger partial charge < -0.3 is 34.9 Å². The third-order valence-electron chi connectivity index (χ3n) is 6.77. The fourth-order valence-corrected chi connectivity index (χ4v) is 5.34. The van der Waals surface area contributed by atoms with Gasteiger partial charge in [-0.3, -0.25) is 0 Å². The smallest absolute Gasteiger partial charge is 0.453 e. The molecule has 11 nitrogen and oxygen atoms in total. The lowest BCUT2D eigenvalue weighted by atomic mass is 9.84. The first-order valence-electron chi connectivity index (χ1n) is 15.2. The minimum atomic E-state index is -4.90. The van der Waals surface area contributed by atoms with Crippen LogP contribution in [0, 0.1) is 0 Å². The summed E-state index contributed by atoms with van der Waals surface area (Å²) >= 11 is 12.9. The summed E-state index contributed by atoms with van der Waals surface area (Å²) in [6.07, 6.45) is -4.15. The first kappa shape index (κ1) is 39.7. The van der Waals surface area contributed by atoms with Crippen molar-refractivity contribution in [1.82, 2.24) is 14.9 Å². The highest BCUT2D eigenvalue weighted by Gasteiger charge is 2.42. The van der Waals surface area contributed by atoms with Gasteiger partial charge in [0, 0.05) is 47.2 Å². The summed E-state index contributed by atoms with van der Waals surface area (Å²) in [4.78, 5) is 31.7. The van der Waals surface area contributed by atoms with Gasteiger partial charge in [-0.25, -0.2) is 19.6 Å². The van der Waals surface area contributed by atoms with E-state index >= 15 is 0 Å². The lowest BCUT2D eigenvalue weighted by molar-refractivity contribution is -0.210. The fourth-order valence-electron chi connectivity index (χ4n) is 4.77. The van der Waals surface area contributed by atoms with Gasteiger partial charge in [-0.05, 0) is 62.7 Å². The molecule has 0 fully saturated rings. The maximum Gasteiger partial charge on any atom is 0.490 e. The number of nitrogens with two attached hydrogens (primary N) is 1. The number of anilines is 1. The lowest BCUT2D eigenvalue weighted by Gasteiger charge is -2.33. The molecule has 0 saturated heterocycles. The molecule has 0 spiro atoms. The molecular formula is C33H40Cl2F3N5O6. The Morgan fingerprint density at radius 1 is 1.00 bits per heavy atom. The molecule has 1 aliphatic rings. The van der Waals surface area contributed by atoms with Gasteiger partial charge in [-0.2, -0.15) is 13.2 Å². The first-order valence-corrected chi connectivity index (χ1v) is 16.0. The van der Waals surface area contributed by atoms with E-state index in [4.69, 9.17) is 38.4 Å². The van der Waals surface area contributed by atoms with Gasteiger partial charge in [0.15, 0.2) is 0 Å². The molecule has 268 valence electrons. The molecule has 49 heavy (non-hydrogen) atoms. The third-order valence-corrected chi connectivity index (χ3v) is 7.33. The monoisotopic (exact) mass is 729 g/mol. The molecule has 1 atom stereocenters. The van der Waals surface area contributed by atoms with Crippen molar-refractivity contribution in [2.75, 3.05) is 58.5 Å². The number of hydrogen-bond acceptors (Lipinski definition) is 10. The minimum Gasteiger partial charge on any atom is -0.453 e. The maximum atomic E-state index is 11.5. The number of nitrogens with zero attached hydrogens (tertiary/aromatic N) is 3. The van der Waals surface area contributed by atoms with E-state index in [1.807, 2.05) is 24.3 Å². The summed E-state index contributed by atoms with van der Waals surface area (Å²) in [6, 6.07) is 14.2. The Labute approximate surface area is 293 Å². The molecule has 2 heterocycles. The predicted molar refractivity (Wildman–Crippen MR) is 180 cm³/mol. The number of benzene rings is 2. The lowest BCUT2D eigenvalue weighted by Crippen LogP contribution is -2.33. The predicted octanol–water partition coefficient (Wildman–Crippen LogP) is 6.46. The topological polar surface area (TPSA) is 138 Å². The number of fused-ring (bicyclic) bond motifs is 1. The number of alkyl halides is 3. The second-order valence-corrected chi connectivity index (χ2v) is 12.8. The number of aromatic nitrogens is 2. The number of rotatable bonds is 12. The summed E-state index contributed by atoms with van der Waals surface area (Å²) in [7, 11) is 2.10. The van der Waals surface area contributed by atoms with Crippen molar-refractivity contribution < 1.29 is 41.7 Å². The molecule has 1 aromatic heterocycles. The highest BCUT2D eigenvalue weighted by atomic mass is 35.5. The molecule has 0 radical (unpaired) electrons. The number of halogens is 5. The Bertz CT molecular complexity index is 1560. The fraction of sp³-hybridized carbons (Fsp3) is 0.455. The van der Waals surface area contributed by atoms with Crippen LogP contribution in [0.25, 0.3) is 11.3 Å². The number of carbonyl (C=O) groups excluding carboxylic acids is 2. The molecule has 4 rings (SSSR count). The van der Waals surface area contributed by atoms with Crippen molar-refractivity contribution in [2.24, 2.45) is 5.73 Å². The summed E-state index contributed by atoms with van der Waals surface area (Å²) in [5, 5.41) is 4.62. The second-order valence-electron chi connectivity index (χ2n) is 11.9. The average molecular weight is 731 g/mol. The standard InChI is InChI=1S/C27H31Cl2N5O4.C6H9F3O2/c1-34-15-22(21-12-20(28)13-24(29)23(21)16-34)18-3-2-4-19(11-18)25-14-26(33-17-32-25)31-5-6-36-7-8-37-9-10-38-27(30)35;1-5(2,3)11-4(10)6(7,8)9/h2-4,11-14,17,22H,5-10,15-16H2,1H3,(H2,30,35)(H,31,32,33);1-3H3/t22-;/m0./s1. The molecule has 0 bridgehead atoms. The highest BCUT2D eigenvalue weighted by molar-refractivity contribution is 6.35. The number of nitrogens with one attached hydrogen (secondary N) is 1. The Hall–Kier alpha value is -3.69. The van der Waals surface area contributed by atoms with E-state index in [2.05, 4.69) is 54.9 Å². The zero-order valence-corrected chi connectivity index (χ0v) is 29.1. The van der Waals surface area contributed by atoms with Gasteiger partial charge in [0.05, 0.1) is 32.1 Å². The van der Waals surface area contributed by atoms with E-state index in [0.29, 0.717) is 42.2 Å². The van der Waals surface area contributed by atoms with E-state index in [1.54, 1.807) is 6.33 Å². The average Bonchev–Trinajstić information content (AvgIpc) is 3.01. The van der Waals surface area contributed by atoms with Crippen LogP contribution >= 0.6 is 23.2 Å². The number of hydrogen-bond donors (Lipinski definition) is 2. The largest absolute Gasteiger partial charge is 0.490 e. The normalized spacial score (nSPS) is 14.7. The number of carbonyl (C=O) groups is 2. The van der Waals surface area contributed by atoms with Gasteiger partial charge in [-0.15, -0.1) is 0 Å². The van der Waals surface area contributed by atoms with Crippen molar-refractivity contribution in [3.63, 3.8) is 0 Å². The molecule has 2 aromatic carbocycles. The summed E-state index contributed by atoms with van der Waals surface area (Å²) in [5.41, 5.74) is 9.09. The first-order chi connectivity index (χ1) is 23.0. The van der Waals surface area contributed by atoms with Gasteiger partial charge in [-0.1, -0.05) is 41.4 Å². The Morgan fingerprint density at radius 2 is 1.69 bits per heavy atom. The Kier molecular flexibility index (Phi) is 14.9. The van der Waals surface area contributed by atoms with E-state index in [-0.39, 0.29) is 19.1 Å². The molecule has 0 aliphatic carbocycles. The molecule has 3 aromatic rings. The zero-order chi connectivity index (χ0) is 36.2. The van der Waals surface area contributed by atoms with Gasteiger partial charge in [0.25, 0.3) is 0 Å². The van der Waals surface area contributed by atoms with E-state index in [1.165, 1.54) is 31.9 Å². The zero-order valence-electron chi connectivity index (χ0n) is 27.6. The number of ether oxygens (including phenoxy) is 4. The molecule has 1 amide bonds. The van der Waals surface area contributed by atoms with Crippen LogP contribution in [0.2, 0.25) is 10.0 Å². The van der Waals surface area contributed by atoms with Crippen LogP contribution < -0.4 is 11.1 Å². The summed E-state index contributed by atoms with van der Waals surface area (Å²) < 4.78 is 54.0. The Morgan fingerprint density at radius 3 is 2.35 bits per heavy atom. The number of amides is 1. The van der Waals surface area contributed by atoms with Crippen LogP contribution in [0.1, 0.15) is 43.4 Å². The third kappa shape index (κ3) is 13.6. The summed E-state index contributed by atoms with van der Waals surface area (Å²) in [6.45, 7) is 8.07. The molecule has 3 N–H and O–H groups in total. The van der Waals surface area contributed by atoms with Gasteiger partial charge in [0.2, 0.25) is 0 Å². The van der Waals surface area contributed by atoms with Crippen molar-refractivity contribution in [3.05, 3.63) is 75.5 Å². The van der Waals surface area contributed by atoms with Gasteiger partial charge in [0.1, 0.15) is 24.4 Å². The van der Waals surface area contributed by atoms with Crippen LogP contribution in [0.15, 0.2) is 48.8 Å². The van der Waals surface area contributed by atoms with E-state index < -0.39 is 23.8 Å². The molecule has 16 heteroatoms. The molecule has 1 aliphatic heterocycles. The van der Waals surface area contributed by atoms with Crippen molar-refractivity contribution in [3.8, 4) is 11.3 Å². The second kappa shape index (κ2) is 18.3. The molecule has 0 unspecified atom stereocenters. The van der Waals surface area contributed by atoms with Crippen LogP contribution in [0.3, 0.4) is 0 Å².